The Morgan fingerprint density at radius 2 is 1.77 bits per heavy atom. The fourth-order valence-electron chi connectivity index (χ4n) is 2.59. The van der Waals surface area contributed by atoms with Crippen molar-refractivity contribution in [2.24, 2.45) is 0 Å². The molecule has 0 spiro atoms. The Hall–Kier alpha value is -1.90. The molecule has 0 radical (unpaired) electrons. The predicted molar refractivity (Wildman–Crippen MR) is 105 cm³/mol. The maximum Gasteiger partial charge on any atom is 0.255 e. The van der Waals surface area contributed by atoms with Gasteiger partial charge >= 0.3 is 0 Å². The third-order valence-corrected chi connectivity index (χ3v) is 5.81. The van der Waals surface area contributed by atoms with Crippen molar-refractivity contribution in [3.8, 4) is 5.75 Å². The average Bonchev–Trinajstić information content (AvgIpc) is 2.57. The van der Waals surface area contributed by atoms with Crippen molar-refractivity contribution >= 4 is 37.5 Å². The third kappa shape index (κ3) is 4.44. The summed E-state index contributed by atoms with van der Waals surface area (Å²) >= 11 is 3.42. The lowest BCUT2D eigenvalue weighted by molar-refractivity contribution is 0.102. The molecule has 0 aromatic heterocycles. The highest BCUT2D eigenvalue weighted by molar-refractivity contribution is 9.10. The van der Waals surface area contributed by atoms with Gasteiger partial charge in [-0.1, -0.05) is 22.9 Å². The van der Waals surface area contributed by atoms with Crippen molar-refractivity contribution in [2.45, 2.75) is 25.7 Å². The van der Waals surface area contributed by atoms with Crippen molar-refractivity contribution in [3.63, 3.8) is 0 Å². The SMILES string of the molecule is CCNS(=O)(=O)c1cc(C(=O)Nc2c(C)cc(Br)cc2C)ccc1OC. The number of amides is 1. The largest absolute Gasteiger partial charge is 0.495 e. The first-order chi connectivity index (χ1) is 12.2. The summed E-state index contributed by atoms with van der Waals surface area (Å²) in [5.74, 6) is -0.215. The van der Waals surface area contributed by atoms with E-state index in [2.05, 4.69) is 26.0 Å². The smallest absolute Gasteiger partial charge is 0.255 e. The third-order valence-electron chi connectivity index (χ3n) is 3.79. The number of ether oxygens (including phenoxy) is 1. The van der Waals surface area contributed by atoms with Crippen molar-refractivity contribution in [3.05, 3.63) is 51.5 Å². The summed E-state index contributed by atoms with van der Waals surface area (Å²) in [5.41, 5.74) is 2.73. The van der Waals surface area contributed by atoms with Crippen molar-refractivity contribution in [1.29, 1.82) is 0 Å². The second-order valence-electron chi connectivity index (χ2n) is 5.74. The van der Waals surface area contributed by atoms with E-state index in [1.165, 1.54) is 25.3 Å². The number of halogens is 1. The van der Waals surface area contributed by atoms with Crippen molar-refractivity contribution in [2.75, 3.05) is 19.0 Å². The van der Waals surface area contributed by atoms with Crippen LogP contribution in [0.25, 0.3) is 0 Å². The standard InChI is InChI=1S/C18H21BrN2O4S/c1-5-20-26(23,24)16-10-13(6-7-15(16)25-4)18(22)21-17-11(2)8-14(19)9-12(17)3/h6-10,20H,5H2,1-4H3,(H,21,22). The molecule has 0 saturated carbocycles. The Labute approximate surface area is 162 Å². The van der Waals surface area contributed by atoms with Gasteiger partial charge in [0.25, 0.3) is 5.91 Å². The molecule has 0 atom stereocenters. The van der Waals surface area contributed by atoms with Gasteiger partial charge in [0.2, 0.25) is 10.0 Å². The number of carbonyl (C=O) groups is 1. The molecule has 0 fully saturated rings. The summed E-state index contributed by atoms with van der Waals surface area (Å²) in [5, 5.41) is 2.85. The summed E-state index contributed by atoms with van der Waals surface area (Å²) in [4.78, 5) is 12.6. The van der Waals surface area contributed by atoms with Crippen LogP contribution < -0.4 is 14.8 Å². The quantitative estimate of drug-likeness (QED) is 0.717. The van der Waals surface area contributed by atoms with Crippen LogP contribution in [0.4, 0.5) is 5.69 Å². The zero-order valence-corrected chi connectivity index (χ0v) is 17.4. The number of benzene rings is 2. The maximum absolute atomic E-state index is 12.7. The summed E-state index contributed by atoms with van der Waals surface area (Å²) in [7, 11) is -2.38. The lowest BCUT2D eigenvalue weighted by Crippen LogP contribution is -2.24. The summed E-state index contributed by atoms with van der Waals surface area (Å²) < 4.78 is 33.2. The molecule has 26 heavy (non-hydrogen) atoms. The summed E-state index contributed by atoms with van der Waals surface area (Å²) in [6.45, 7) is 5.70. The van der Waals surface area contributed by atoms with Gasteiger partial charge in [0.1, 0.15) is 10.6 Å². The van der Waals surface area contributed by atoms with Gasteiger partial charge in [-0.25, -0.2) is 13.1 Å². The van der Waals surface area contributed by atoms with Gasteiger partial charge in [-0.15, -0.1) is 0 Å². The second-order valence-corrected chi connectivity index (χ2v) is 8.39. The molecule has 0 aliphatic carbocycles. The van der Waals surface area contributed by atoms with Gasteiger partial charge in [0, 0.05) is 22.3 Å². The highest BCUT2D eigenvalue weighted by atomic mass is 79.9. The van der Waals surface area contributed by atoms with E-state index >= 15 is 0 Å². The van der Waals surface area contributed by atoms with Crippen molar-refractivity contribution < 1.29 is 17.9 Å². The Bertz CT molecular complexity index is 919. The fraction of sp³-hybridized carbons (Fsp3) is 0.278. The number of hydrogen-bond donors (Lipinski definition) is 2. The minimum absolute atomic E-state index is 0.0706. The lowest BCUT2D eigenvalue weighted by Gasteiger charge is -2.14. The van der Waals surface area contributed by atoms with Crippen LogP contribution in [0.3, 0.4) is 0 Å². The number of hydrogen-bond acceptors (Lipinski definition) is 4. The molecule has 140 valence electrons. The highest BCUT2D eigenvalue weighted by Gasteiger charge is 2.21. The van der Waals surface area contributed by atoms with E-state index in [0.29, 0.717) is 5.69 Å². The number of sulfonamides is 1. The lowest BCUT2D eigenvalue weighted by atomic mass is 10.1. The molecular weight excluding hydrogens is 420 g/mol. The zero-order chi connectivity index (χ0) is 19.5. The van der Waals surface area contributed by atoms with Gasteiger partial charge in [-0.05, 0) is 55.3 Å². The molecule has 2 rings (SSSR count). The highest BCUT2D eigenvalue weighted by Crippen LogP contribution is 2.28. The monoisotopic (exact) mass is 440 g/mol. The van der Waals surface area contributed by atoms with Gasteiger partial charge in [-0.3, -0.25) is 4.79 Å². The Morgan fingerprint density at radius 1 is 1.15 bits per heavy atom. The normalized spacial score (nSPS) is 11.3. The molecular formula is C18H21BrN2O4S. The van der Waals surface area contributed by atoms with Crippen LogP contribution in [-0.2, 0) is 10.0 Å². The number of anilines is 1. The van der Waals surface area contributed by atoms with Crippen LogP contribution >= 0.6 is 15.9 Å². The average molecular weight is 441 g/mol. The van der Waals surface area contributed by atoms with Crippen molar-refractivity contribution in [1.82, 2.24) is 4.72 Å². The molecule has 0 unspecified atom stereocenters. The van der Waals surface area contributed by atoms with Crippen LogP contribution in [0, 0.1) is 13.8 Å². The summed E-state index contributed by atoms with van der Waals surface area (Å²) in [6, 6.07) is 8.12. The Balaban J connectivity index is 2.42. The van der Waals surface area contributed by atoms with Crippen LogP contribution in [0.5, 0.6) is 5.75 Å². The molecule has 0 aliphatic heterocycles. The number of carbonyl (C=O) groups excluding carboxylic acids is 1. The molecule has 2 aromatic rings. The van der Waals surface area contributed by atoms with E-state index in [0.717, 1.165) is 15.6 Å². The number of aryl methyl sites for hydroxylation is 2. The molecule has 0 aliphatic rings. The first-order valence-electron chi connectivity index (χ1n) is 7.95. The van der Waals surface area contributed by atoms with Crippen LogP contribution in [0.15, 0.2) is 39.7 Å². The maximum atomic E-state index is 12.7. The van der Waals surface area contributed by atoms with Crippen LogP contribution in [0.1, 0.15) is 28.4 Å². The minimum atomic E-state index is -3.77. The molecule has 1 amide bonds. The van der Waals surface area contributed by atoms with Crippen LogP contribution in [0.2, 0.25) is 0 Å². The predicted octanol–water partition coefficient (Wildman–Crippen LogP) is 3.63. The fourth-order valence-corrected chi connectivity index (χ4v) is 4.51. The molecule has 0 bridgehead atoms. The van der Waals surface area contributed by atoms with Gasteiger partial charge < -0.3 is 10.1 Å². The van der Waals surface area contributed by atoms with Gasteiger partial charge in [-0.2, -0.15) is 0 Å². The van der Waals surface area contributed by atoms with E-state index in [9.17, 15) is 13.2 Å². The minimum Gasteiger partial charge on any atom is -0.495 e. The van der Waals surface area contributed by atoms with E-state index in [1.54, 1.807) is 6.92 Å². The topological polar surface area (TPSA) is 84.5 Å². The molecule has 0 heterocycles. The van der Waals surface area contributed by atoms with E-state index < -0.39 is 15.9 Å². The second kappa shape index (κ2) is 8.20. The van der Waals surface area contributed by atoms with E-state index in [-0.39, 0.29) is 22.8 Å². The number of methoxy groups -OCH3 is 1. The Morgan fingerprint density at radius 3 is 2.31 bits per heavy atom. The molecule has 6 nitrogen and oxygen atoms in total. The van der Waals surface area contributed by atoms with Gasteiger partial charge in [0.15, 0.2) is 0 Å². The Kier molecular flexibility index (Phi) is 6.44. The number of nitrogens with one attached hydrogen (secondary N) is 2. The van der Waals surface area contributed by atoms with E-state index in [1.807, 2.05) is 26.0 Å². The first kappa shape index (κ1) is 20.4. The molecule has 0 saturated heterocycles. The van der Waals surface area contributed by atoms with E-state index in [4.69, 9.17) is 4.74 Å². The number of rotatable bonds is 6. The first-order valence-corrected chi connectivity index (χ1v) is 10.2. The molecule has 2 aromatic carbocycles. The zero-order valence-electron chi connectivity index (χ0n) is 15.0. The molecule has 2 N–H and O–H groups in total. The van der Waals surface area contributed by atoms with Crippen LogP contribution in [-0.4, -0.2) is 28.0 Å². The summed E-state index contributed by atoms with van der Waals surface area (Å²) in [6.07, 6.45) is 0. The molecule has 8 heteroatoms. The van der Waals surface area contributed by atoms with Gasteiger partial charge in [0.05, 0.1) is 7.11 Å².